The molecule has 0 amide bonds. The van der Waals surface area contributed by atoms with Crippen LogP contribution >= 0.6 is 8.53 Å². The van der Waals surface area contributed by atoms with Gasteiger partial charge in [0, 0.05) is 18.2 Å². The second kappa shape index (κ2) is 12.6. The minimum Gasteiger partial charge on any atom is -0.461 e. The summed E-state index contributed by atoms with van der Waals surface area (Å²) < 4.78 is 25.3. The summed E-state index contributed by atoms with van der Waals surface area (Å²) in [4.78, 5) is 38.5. The van der Waals surface area contributed by atoms with E-state index >= 15 is 0 Å². The average Bonchev–Trinajstić information content (AvgIpc) is 3.23. The minimum atomic E-state index is -1.69. The molecule has 4 unspecified atom stereocenters. The maximum Gasteiger partial charge on any atom is 0.330 e. The van der Waals surface area contributed by atoms with Gasteiger partial charge in [-0.2, -0.15) is 0 Å². The van der Waals surface area contributed by atoms with Gasteiger partial charge < -0.3 is 18.5 Å². The van der Waals surface area contributed by atoms with Crippen LogP contribution in [0, 0.1) is 5.92 Å². The van der Waals surface area contributed by atoms with Crippen molar-refractivity contribution in [3.63, 3.8) is 0 Å². The highest BCUT2D eigenvalue weighted by Gasteiger charge is 2.35. The number of H-pyrrole nitrogens is 1. The number of carbonyl (C=O) groups excluding carboxylic acids is 1. The molecule has 1 aliphatic heterocycles. The summed E-state index contributed by atoms with van der Waals surface area (Å²) in [5.41, 5.74) is -0.963. The number of rotatable bonds is 10. The van der Waals surface area contributed by atoms with E-state index in [1.165, 1.54) is 23.3 Å². The number of carbonyl (C=O) groups is 1. The maximum atomic E-state index is 12.7. The summed E-state index contributed by atoms with van der Waals surface area (Å²) >= 11 is 0. The van der Waals surface area contributed by atoms with E-state index in [9.17, 15) is 14.4 Å². The Morgan fingerprint density at radius 3 is 2.67 bits per heavy atom. The zero-order chi connectivity index (χ0) is 25.5. The molecule has 2 aromatic rings. The Morgan fingerprint density at radius 2 is 1.94 bits per heavy atom. The van der Waals surface area contributed by atoms with Gasteiger partial charge in [0.2, 0.25) is 0 Å². The molecule has 2 heterocycles. The van der Waals surface area contributed by atoms with Crippen molar-refractivity contribution in [3.05, 3.63) is 63.4 Å². The number of hydrogen-bond donors (Lipinski definition) is 2. The number of nitrogens with one attached hydrogen (secondary N) is 2. The van der Waals surface area contributed by atoms with Crippen molar-refractivity contribution in [2.45, 2.75) is 76.9 Å². The first-order chi connectivity index (χ1) is 17.4. The first kappa shape index (κ1) is 26.5. The second-order valence-corrected chi connectivity index (χ2v) is 10.6. The molecule has 2 aliphatic rings. The quantitative estimate of drug-likeness (QED) is 0.361. The predicted molar refractivity (Wildman–Crippen MR) is 135 cm³/mol. The zero-order valence-corrected chi connectivity index (χ0v) is 21.5. The van der Waals surface area contributed by atoms with Crippen LogP contribution in [0.2, 0.25) is 0 Å². The lowest BCUT2D eigenvalue weighted by Gasteiger charge is -2.26. The number of benzene rings is 1. The summed E-state index contributed by atoms with van der Waals surface area (Å²) in [7, 11) is -1.69. The number of aromatic amines is 1. The predicted octanol–water partition coefficient (Wildman–Crippen LogP) is 3.64. The van der Waals surface area contributed by atoms with E-state index in [-0.39, 0.29) is 30.7 Å². The minimum absolute atomic E-state index is 0.0284. The fourth-order valence-electron chi connectivity index (χ4n) is 4.47. The number of esters is 1. The summed E-state index contributed by atoms with van der Waals surface area (Å²) in [5.74, 6) is 0.320. The van der Waals surface area contributed by atoms with Crippen molar-refractivity contribution in [2.75, 3.05) is 6.61 Å². The molecule has 0 spiro atoms. The van der Waals surface area contributed by atoms with Crippen LogP contribution in [0.3, 0.4) is 0 Å². The van der Waals surface area contributed by atoms with Gasteiger partial charge in [-0.3, -0.25) is 19.1 Å². The standard InChI is InChI=1S/C25H34N3O7P/c1-17-15-21(33-23(17)28-14-13-22(29)26-25(28)31)16-32-36(35-20-11-7-4-8-12-20)27-18(2)24(30)34-19-9-5-3-6-10-19/h4,7-8,11-14,17-19,21,23,27H,3,5-6,9-10,15-16H2,1-2H3,(H,26,29,31)/t17?,18-,21?,23?,36?/m0/s1. The highest BCUT2D eigenvalue weighted by Crippen LogP contribution is 2.39. The Hall–Kier alpha value is -2.52. The molecule has 36 heavy (non-hydrogen) atoms. The highest BCUT2D eigenvalue weighted by molar-refractivity contribution is 7.45. The molecule has 2 fully saturated rings. The number of para-hydroxylation sites is 1. The van der Waals surface area contributed by atoms with Crippen molar-refractivity contribution < 1.29 is 23.3 Å². The first-order valence-electron chi connectivity index (χ1n) is 12.5. The molecular formula is C25H34N3O7P. The van der Waals surface area contributed by atoms with Gasteiger partial charge in [-0.15, -0.1) is 0 Å². The van der Waals surface area contributed by atoms with Crippen LogP contribution < -0.4 is 20.9 Å². The largest absolute Gasteiger partial charge is 0.461 e. The van der Waals surface area contributed by atoms with Crippen molar-refractivity contribution in [3.8, 4) is 5.75 Å². The molecule has 1 saturated heterocycles. The zero-order valence-electron chi connectivity index (χ0n) is 20.6. The topological polar surface area (TPSA) is 121 Å². The number of nitrogens with zero attached hydrogens (tertiary/aromatic N) is 1. The SMILES string of the molecule is CC1CC(COP(N[C@@H](C)C(=O)OC2CCCCC2)Oc2ccccc2)OC1n1ccc(=O)[nH]c1=O. The lowest BCUT2D eigenvalue weighted by Crippen LogP contribution is -2.36. The van der Waals surface area contributed by atoms with Crippen molar-refractivity contribution in [1.82, 2.24) is 14.6 Å². The van der Waals surface area contributed by atoms with Gasteiger partial charge in [0.15, 0.2) is 0 Å². The number of ether oxygens (including phenoxy) is 2. The molecule has 1 aliphatic carbocycles. The van der Waals surface area contributed by atoms with Gasteiger partial charge in [-0.1, -0.05) is 31.5 Å². The van der Waals surface area contributed by atoms with Gasteiger partial charge in [0.1, 0.15) is 24.1 Å². The van der Waals surface area contributed by atoms with Gasteiger partial charge in [0.05, 0.1) is 12.7 Å². The highest BCUT2D eigenvalue weighted by atomic mass is 31.2. The van der Waals surface area contributed by atoms with Gasteiger partial charge in [-0.05, 0) is 51.2 Å². The third-order valence-corrected chi connectivity index (χ3v) is 7.73. The van der Waals surface area contributed by atoms with E-state index in [1.807, 2.05) is 37.3 Å². The molecule has 4 rings (SSSR count). The van der Waals surface area contributed by atoms with E-state index in [4.69, 9.17) is 18.5 Å². The Balaban J connectivity index is 1.36. The Kier molecular flexibility index (Phi) is 9.31. The molecular weight excluding hydrogens is 485 g/mol. The molecule has 5 atom stereocenters. The molecule has 1 aromatic heterocycles. The van der Waals surface area contributed by atoms with Crippen LogP contribution in [-0.4, -0.2) is 40.4 Å². The molecule has 0 radical (unpaired) electrons. The molecule has 10 nitrogen and oxygen atoms in total. The Bertz CT molecular complexity index is 1100. The van der Waals surface area contributed by atoms with Crippen LogP contribution in [0.5, 0.6) is 5.75 Å². The molecule has 1 aromatic carbocycles. The van der Waals surface area contributed by atoms with Crippen LogP contribution in [-0.2, 0) is 18.8 Å². The van der Waals surface area contributed by atoms with Crippen molar-refractivity contribution >= 4 is 14.5 Å². The summed E-state index contributed by atoms with van der Waals surface area (Å²) in [6.45, 7) is 3.92. The fraction of sp³-hybridized carbons (Fsp3) is 0.560. The van der Waals surface area contributed by atoms with Crippen LogP contribution in [0.25, 0.3) is 0 Å². The summed E-state index contributed by atoms with van der Waals surface area (Å²) in [6, 6.07) is 9.93. The lowest BCUT2D eigenvalue weighted by atomic mass is 9.98. The summed E-state index contributed by atoms with van der Waals surface area (Å²) in [5, 5.41) is 3.14. The molecule has 196 valence electrons. The van der Waals surface area contributed by atoms with Gasteiger partial charge in [0.25, 0.3) is 5.56 Å². The van der Waals surface area contributed by atoms with E-state index in [0.717, 1.165) is 25.7 Å². The molecule has 0 bridgehead atoms. The van der Waals surface area contributed by atoms with Crippen molar-refractivity contribution in [2.24, 2.45) is 5.92 Å². The van der Waals surface area contributed by atoms with E-state index in [0.29, 0.717) is 12.2 Å². The van der Waals surface area contributed by atoms with E-state index in [1.54, 1.807) is 6.92 Å². The fourth-order valence-corrected chi connectivity index (χ4v) is 5.69. The Labute approximate surface area is 211 Å². The third kappa shape index (κ3) is 7.26. The van der Waals surface area contributed by atoms with Crippen LogP contribution in [0.4, 0.5) is 0 Å². The Morgan fingerprint density at radius 1 is 1.19 bits per heavy atom. The normalized spacial score (nSPS) is 24.2. The van der Waals surface area contributed by atoms with E-state index < -0.39 is 32.0 Å². The van der Waals surface area contributed by atoms with Crippen molar-refractivity contribution in [1.29, 1.82) is 0 Å². The summed E-state index contributed by atoms with van der Waals surface area (Å²) in [6.07, 6.45) is 6.42. The monoisotopic (exact) mass is 519 g/mol. The average molecular weight is 520 g/mol. The van der Waals surface area contributed by atoms with Crippen LogP contribution in [0.1, 0.15) is 58.6 Å². The molecule has 1 saturated carbocycles. The molecule has 2 N–H and O–H groups in total. The smallest absolute Gasteiger partial charge is 0.330 e. The van der Waals surface area contributed by atoms with Crippen LogP contribution in [0.15, 0.2) is 52.2 Å². The van der Waals surface area contributed by atoms with Gasteiger partial charge >= 0.3 is 20.2 Å². The molecule has 11 heteroatoms. The van der Waals surface area contributed by atoms with Gasteiger partial charge in [-0.25, -0.2) is 9.88 Å². The maximum absolute atomic E-state index is 12.7. The first-order valence-corrected chi connectivity index (χ1v) is 13.7. The number of hydrogen-bond acceptors (Lipinski definition) is 8. The number of aromatic nitrogens is 2. The van der Waals surface area contributed by atoms with E-state index in [2.05, 4.69) is 10.1 Å². The lowest BCUT2D eigenvalue weighted by molar-refractivity contribution is -0.152. The second-order valence-electron chi connectivity index (χ2n) is 9.38. The third-order valence-electron chi connectivity index (χ3n) is 6.38.